The molecule has 0 aromatic rings. The van der Waals surface area contributed by atoms with E-state index in [1.807, 2.05) is 13.8 Å². The number of aliphatic hydroxyl groups is 1. The van der Waals surface area contributed by atoms with Crippen molar-refractivity contribution in [1.82, 2.24) is 5.32 Å². The molecule has 2 N–H and O–H groups in total. The molecule has 0 aliphatic heterocycles. The van der Waals surface area contributed by atoms with Crippen LogP contribution in [0, 0.1) is 11.3 Å². The van der Waals surface area contributed by atoms with Gasteiger partial charge in [0.15, 0.2) is 0 Å². The fourth-order valence-corrected chi connectivity index (χ4v) is 0.602. The number of carbonyl (C=O) groups excluding carboxylic acids is 1. The first-order valence-electron chi connectivity index (χ1n) is 3.43. The van der Waals surface area contributed by atoms with Crippen molar-refractivity contribution in [3.63, 3.8) is 0 Å². The molecular formula is C7H12N2O2. The summed E-state index contributed by atoms with van der Waals surface area (Å²) in [6.45, 7) is 3.63. The van der Waals surface area contributed by atoms with Crippen molar-refractivity contribution in [1.29, 1.82) is 5.26 Å². The molecule has 0 saturated carbocycles. The predicted octanol–water partition coefficient (Wildman–Crippen LogP) is -0.214. The number of nitrogens with zero attached hydrogens (tertiary/aromatic N) is 1. The van der Waals surface area contributed by atoms with Crippen molar-refractivity contribution >= 4 is 5.91 Å². The van der Waals surface area contributed by atoms with E-state index in [9.17, 15) is 4.79 Å². The third kappa shape index (κ3) is 5.37. The molecule has 1 unspecified atom stereocenters. The van der Waals surface area contributed by atoms with E-state index in [1.54, 1.807) is 6.07 Å². The molecule has 0 heterocycles. The summed E-state index contributed by atoms with van der Waals surface area (Å²) in [5.41, 5.74) is 0. The maximum Gasteiger partial charge on any atom is 0.223 e. The maximum atomic E-state index is 10.8. The lowest BCUT2D eigenvalue weighted by Crippen LogP contribution is -2.32. The quantitative estimate of drug-likeness (QED) is 0.555. The second kappa shape index (κ2) is 4.69. The zero-order chi connectivity index (χ0) is 8.85. The molecule has 0 fully saturated rings. The molecule has 0 rings (SSSR count). The first-order chi connectivity index (χ1) is 5.06. The van der Waals surface area contributed by atoms with Gasteiger partial charge in [0.25, 0.3) is 0 Å². The predicted molar refractivity (Wildman–Crippen MR) is 39.5 cm³/mol. The number of aliphatic hydroxyl groups excluding tert-OH is 1. The second-order valence-electron chi connectivity index (χ2n) is 2.57. The average Bonchev–Trinajstić information content (AvgIpc) is 1.85. The van der Waals surface area contributed by atoms with Gasteiger partial charge in [-0.15, -0.1) is 0 Å². The molecule has 1 atom stereocenters. The molecule has 4 nitrogen and oxygen atoms in total. The van der Waals surface area contributed by atoms with Crippen LogP contribution in [0.1, 0.15) is 20.3 Å². The van der Waals surface area contributed by atoms with Crippen molar-refractivity contribution in [2.24, 2.45) is 0 Å². The molecule has 11 heavy (non-hydrogen) atoms. The van der Waals surface area contributed by atoms with Gasteiger partial charge in [-0.1, -0.05) is 0 Å². The summed E-state index contributed by atoms with van der Waals surface area (Å²) in [7, 11) is 0. The van der Waals surface area contributed by atoms with Crippen molar-refractivity contribution < 1.29 is 9.90 Å². The molecule has 4 heteroatoms. The molecular weight excluding hydrogens is 144 g/mol. The average molecular weight is 156 g/mol. The Kier molecular flexibility index (Phi) is 4.23. The lowest BCUT2D eigenvalue weighted by Gasteiger charge is -2.07. The van der Waals surface area contributed by atoms with Crippen LogP contribution < -0.4 is 5.32 Å². The normalized spacial score (nSPS) is 12.3. The fraction of sp³-hybridized carbons (Fsp3) is 0.714. The highest BCUT2D eigenvalue weighted by Crippen LogP contribution is 1.89. The lowest BCUT2D eigenvalue weighted by atomic mass is 10.2. The van der Waals surface area contributed by atoms with E-state index in [1.165, 1.54) is 0 Å². The van der Waals surface area contributed by atoms with E-state index in [2.05, 4.69) is 5.32 Å². The van der Waals surface area contributed by atoms with Crippen LogP contribution >= 0.6 is 0 Å². The minimum Gasteiger partial charge on any atom is -0.378 e. The van der Waals surface area contributed by atoms with E-state index >= 15 is 0 Å². The van der Waals surface area contributed by atoms with E-state index in [4.69, 9.17) is 10.4 Å². The maximum absolute atomic E-state index is 10.8. The van der Waals surface area contributed by atoms with Crippen LogP contribution in [0.5, 0.6) is 0 Å². The van der Waals surface area contributed by atoms with Gasteiger partial charge in [-0.25, -0.2) is 0 Å². The summed E-state index contributed by atoms with van der Waals surface area (Å²) in [4.78, 5) is 10.8. The van der Waals surface area contributed by atoms with Crippen LogP contribution in [-0.2, 0) is 4.79 Å². The zero-order valence-electron chi connectivity index (χ0n) is 6.66. The molecule has 0 aromatic carbocycles. The summed E-state index contributed by atoms with van der Waals surface area (Å²) in [5.74, 6) is -0.297. The van der Waals surface area contributed by atoms with Crippen molar-refractivity contribution in [3.05, 3.63) is 0 Å². The summed E-state index contributed by atoms with van der Waals surface area (Å²) >= 11 is 0. The van der Waals surface area contributed by atoms with E-state index < -0.39 is 6.10 Å². The lowest BCUT2D eigenvalue weighted by molar-refractivity contribution is -0.122. The highest BCUT2D eigenvalue weighted by Gasteiger charge is 2.09. The molecule has 0 aliphatic carbocycles. The van der Waals surface area contributed by atoms with Gasteiger partial charge in [-0.3, -0.25) is 4.79 Å². The third-order valence-corrected chi connectivity index (χ3v) is 0.977. The molecule has 0 spiro atoms. The molecule has 0 saturated heterocycles. The van der Waals surface area contributed by atoms with E-state index in [0.717, 1.165) is 0 Å². The van der Waals surface area contributed by atoms with Crippen molar-refractivity contribution in [3.8, 4) is 6.07 Å². The number of carbonyl (C=O) groups is 1. The van der Waals surface area contributed by atoms with Gasteiger partial charge in [-0.05, 0) is 13.8 Å². The molecule has 0 aliphatic rings. The van der Waals surface area contributed by atoms with Gasteiger partial charge in [0.1, 0.15) is 6.10 Å². The standard InChI is InChI=1S/C7H12N2O2/c1-5(2)9-7(11)3-6(10)4-8/h5-6,10H,3H2,1-2H3,(H,9,11). The van der Waals surface area contributed by atoms with Gasteiger partial charge in [0.05, 0.1) is 12.5 Å². The number of nitrogens with one attached hydrogen (secondary N) is 1. The van der Waals surface area contributed by atoms with Crippen molar-refractivity contribution in [2.75, 3.05) is 0 Å². The zero-order valence-corrected chi connectivity index (χ0v) is 6.66. The van der Waals surface area contributed by atoms with E-state index in [-0.39, 0.29) is 18.4 Å². The van der Waals surface area contributed by atoms with Gasteiger partial charge in [0, 0.05) is 6.04 Å². The summed E-state index contributed by atoms with van der Waals surface area (Å²) in [6, 6.07) is 1.61. The number of nitriles is 1. The van der Waals surface area contributed by atoms with Gasteiger partial charge in [0.2, 0.25) is 5.91 Å². The topological polar surface area (TPSA) is 73.1 Å². The minimum atomic E-state index is -1.19. The Morgan fingerprint density at radius 2 is 2.27 bits per heavy atom. The Bertz CT molecular complexity index is 172. The van der Waals surface area contributed by atoms with Crippen LogP contribution in [-0.4, -0.2) is 23.2 Å². The molecule has 0 radical (unpaired) electrons. The minimum absolute atomic E-state index is 0.0494. The van der Waals surface area contributed by atoms with Crippen LogP contribution in [0.2, 0.25) is 0 Å². The van der Waals surface area contributed by atoms with Crippen LogP contribution in [0.3, 0.4) is 0 Å². The number of amides is 1. The van der Waals surface area contributed by atoms with Crippen LogP contribution in [0.4, 0.5) is 0 Å². The highest BCUT2D eigenvalue weighted by atomic mass is 16.3. The first kappa shape index (κ1) is 9.92. The van der Waals surface area contributed by atoms with Crippen LogP contribution in [0.25, 0.3) is 0 Å². The highest BCUT2D eigenvalue weighted by molar-refractivity contribution is 5.76. The van der Waals surface area contributed by atoms with Gasteiger partial charge < -0.3 is 10.4 Å². The largest absolute Gasteiger partial charge is 0.378 e. The van der Waals surface area contributed by atoms with Gasteiger partial charge in [-0.2, -0.15) is 5.26 Å². The monoisotopic (exact) mass is 156 g/mol. The van der Waals surface area contributed by atoms with Gasteiger partial charge >= 0.3 is 0 Å². The Morgan fingerprint density at radius 1 is 1.73 bits per heavy atom. The number of hydrogen-bond acceptors (Lipinski definition) is 3. The Morgan fingerprint density at radius 3 is 2.64 bits per heavy atom. The Labute approximate surface area is 65.8 Å². The summed E-state index contributed by atoms with van der Waals surface area (Å²) in [5, 5.41) is 19.4. The second-order valence-corrected chi connectivity index (χ2v) is 2.57. The Balaban J connectivity index is 3.63. The molecule has 1 amide bonds. The third-order valence-electron chi connectivity index (χ3n) is 0.977. The molecule has 0 bridgehead atoms. The summed E-state index contributed by atoms with van der Waals surface area (Å²) in [6.07, 6.45) is -1.33. The molecule has 0 aromatic heterocycles. The smallest absolute Gasteiger partial charge is 0.223 e. The van der Waals surface area contributed by atoms with Crippen molar-refractivity contribution in [2.45, 2.75) is 32.4 Å². The SMILES string of the molecule is CC(C)NC(=O)CC(O)C#N. The van der Waals surface area contributed by atoms with E-state index in [0.29, 0.717) is 0 Å². The Hall–Kier alpha value is -1.08. The number of rotatable bonds is 3. The first-order valence-corrected chi connectivity index (χ1v) is 3.43. The molecule has 62 valence electrons. The summed E-state index contributed by atoms with van der Waals surface area (Å²) < 4.78 is 0. The fourth-order valence-electron chi connectivity index (χ4n) is 0.602. The number of hydrogen-bond donors (Lipinski definition) is 2. The van der Waals surface area contributed by atoms with Crippen LogP contribution in [0.15, 0.2) is 0 Å².